The molecule has 0 saturated carbocycles. The number of hydrogen-bond donors (Lipinski definition) is 1. The maximum Gasteiger partial charge on any atom is 0.328 e. The van der Waals surface area contributed by atoms with E-state index < -0.39 is 11.2 Å². The third-order valence-electron chi connectivity index (χ3n) is 3.70. The summed E-state index contributed by atoms with van der Waals surface area (Å²) in [6, 6.07) is 10.9. The molecule has 8 nitrogen and oxygen atoms in total. The topological polar surface area (TPSA) is 93.0 Å². The molecule has 0 aliphatic carbocycles. The van der Waals surface area contributed by atoms with Crippen LogP contribution in [0.1, 0.15) is 5.56 Å². The molecule has 1 aromatic carbocycles. The Balaban J connectivity index is 1.67. The van der Waals surface area contributed by atoms with E-state index in [0.717, 1.165) is 15.8 Å². The standard InChI is InChI=1S/C17H17N5O3/c1-20(16(24)12-21-8-7-15(23)19-17(21)25)10-13-9-18-22(11-13)14-5-3-2-4-6-14/h2-9,11H,10,12H2,1H3,(H,19,23,25). The Kier molecular flexibility index (Phi) is 4.60. The van der Waals surface area contributed by atoms with Gasteiger partial charge >= 0.3 is 5.69 Å². The molecule has 0 spiro atoms. The predicted molar refractivity (Wildman–Crippen MR) is 91.4 cm³/mol. The molecule has 1 amide bonds. The van der Waals surface area contributed by atoms with E-state index in [1.807, 2.05) is 36.5 Å². The number of aromatic amines is 1. The van der Waals surface area contributed by atoms with Gasteiger partial charge in [0, 0.05) is 37.6 Å². The van der Waals surface area contributed by atoms with Gasteiger partial charge in [0.1, 0.15) is 6.54 Å². The second-order valence-corrected chi connectivity index (χ2v) is 5.62. The van der Waals surface area contributed by atoms with Gasteiger partial charge in [0.25, 0.3) is 5.56 Å². The summed E-state index contributed by atoms with van der Waals surface area (Å²) in [6.45, 7) is 0.225. The molecule has 0 saturated heterocycles. The first-order chi connectivity index (χ1) is 12.0. The molecule has 0 bridgehead atoms. The highest BCUT2D eigenvalue weighted by Crippen LogP contribution is 2.09. The zero-order valence-electron chi connectivity index (χ0n) is 13.6. The van der Waals surface area contributed by atoms with Crippen LogP contribution in [0.15, 0.2) is 64.6 Å². The number of para-hydroxylation sites is 1. The van der Waals surface area contributed by atoms with Crippen molar-refractivity contribution in [2.24, 2.45) is 0 Å². The summed E-state index contributed by atoms with van der Waals surface area (Å²) in [4.78, 5) is 38.6. The van der Waals surface area contributed by atoms with Crippen molar-refractivity contribution in [3.63, 3.8) is 0 Å². The van der Waals surface area contributed by atoms with Crippen LogP contribution in [0.3, 0.4) is 0 Å². The highest BCUT2D eigenvalue weighted by molar-refractivity contribution is 5.75. The molecular weight excluding hydrogens is 322 g/mol. The minimum absolute atomic E-state index is 0.140. The highest BCUT2D eigenvalue weighted by atomic mass is 16.2. The molecule has 128 valence electrons. The lowest BCUT2D eigenvalue weighted by atomic mass is 10.3. The minimum atomic E-state index is -0.605. The van der Waals surface area contributed by atoms with E-state index >= 15 is 0 Å². The number of carbonyl (C=O) groups is 1. The van der Waals surface area contributed by atoms with Crippen molar-refractivity contribution in [2.45, 2.75) is 13.1 Å². The lowest BCUT2D eigenvalue weighted by molar-refractivity contribution is -0.131. The van der Waals surface area contributed by atoms with Crippen molar-refractivity contribution in [3.05, 3.63) is 81.4 Å². The van der Waals surface area contributed by atoms with Crippen LogP contribution < -0.4 is 11.2 Å². The fraction of sp³-hybridized carbons (Fsp3) is 0.176. The van der Waals surface area contributed by atoms with E-state index in [1.165, 1.54) is 17.2 Å². The molecule has 2 aromatic heterocycles. The number of rotatable bonds is 5. The molecule has 0 aliphatic rings. The van der Waals surface area contributed by atoms with Gasteiger partial charge in [-0.1, -0.05) is 18.2 Å². The summed E-state index contributed by atoms with van der Waals surface area (Å²) in [5.41, 5.74) is 0.706. The van der Waals surface area contributed by atoms with Crippen molar-refractivity contribution >= 4 is 5.91 Å². The van der Waals surface area contributed by atoms with Crippen molar-refractivity contribution < 1.29 is 4.79 Å². The van der Waals surface area contributed by atoms with Crippen molar-refractivity contribution in [1.29, 1.82) is 0 Å². The molecule has 1 N–H and O–H groups in total. The van der Waals surface area contributed by atoms with E-state index in [4.69, 9.17) is 0 Å². The average Bonchev–Trinajstić information content (AvgIpc) is 3.06. The molecule has 2 heterocycles. The van der Waals surface area contributed by atoms with Crippen molar-refractivity contribution in [2.75, 3.05) is 7.05 Å². The van der Waals surface area contributed by atoms with Crippen LogP contribution >= 0.6 is 0 Å². The summed E-state index contributed by atoms with van der Waals surface area (Å²) >= 11 is 0. The van der Waals surface area contributed by atoms with Crippen LogP contribution in [0.5, 0.6) is 0 Å². The molecular formula is C17H17N5O3. The van der Waals surface area contributed by atoms with Gasteiger partial charge in [0.05, 0.1) is 11.9 Å². The van der Waals surface area contributed by atoms with E-state index in [0.29, 0.717) is 6.54 Å². The van der Waals surface area contributed by atoms with E-state index in [2.05, 4.69) is 10.1 Å². The van der Waals surface area contributed by atoms with Gasteiger partial charge in [-0.25, -0.2) is 9.48 Å². The van der Waals surface area contributed by atoms with Gasteiger partial charge in [-0.2, -0.15) is 5.10 Å². The number of nitrogens with zero attached hydrogens (tertiary/aromatic N) is 4. The Morgan fingerprint density at radius 3 is 2.68 bits per heavy atom. The van der Waals surface area contributed by atoms with Crippen LogP contribution in [-0.2, 0) is 17.9 Å². The molecule has 0 radical (unpaired) electrons. The molecule has 0 aliphatic heterocycles. The fourth-order valence-corrected chi connectivity index (χ4v) is 2.36. The lowest BCUT2D eigenvalue weighted by Crippen LogP contribution is -2.36. The zero-order valence-corrected chi connectivity index (χ0v) is 13.6. The van der Waals surface area contributed by atoms with Crippen molar-refractivity contribution in [1.82, 2.24) is 24.2 Å². The summed E-state index contributed by atoms with van der Waals surface area (Å²) in [5, 5.41) is 4.29. The summed E-state index contributed by atoms with van der Waals surface area (Å²) in [7, 11) is 1.65. The van der Waals surface area contributed by atoms with Crippen LogP contribution in [0, 0.1) is 0 Å². The molecule has 3 rings (SSSR count). The maximum atomic E-state index is 12.3. The van der Waals surface area contributed by atoms with Crippen molar-refractivity contribution in [3.8, 4) is 5.69 Å². The van der Waals surface area contributed by atoms with E-state index in [1.54, 1.807) is 17.9 Å². The second-order valence-electron chi connectivity index (χ2n) is 5.62. The monoisotopic (exact) mass is 339 g/mol. The Morgan fingerprint density at radius 2 is 1.96 bits per heavy atom. The van der Waals surface area contributed by atoms with Gasteiger partial charge in [-0.05, 0) is 12.1 Å². The van der Waals surface area contributed by atoms with E-state index in [-0.39, 0.29) is 12.5 Å². The Bertz CT molecular complexity index is 987. The third-order valence-corrected chi connectivity index (χ3v) is 3.70. The smallest absolute Gasteiger partial charge is 0.328 e. The fourth-order valence-electron chi connectivity index (χ4n) is 2.36. The number of carbonyl (C=O) groups excluding carboxylic acids is 1. The normalized spacial score (nSPS) is 10.6. The first-order valence-corrected chi connectivity index (χ1v) is 7.65. The number of H-pyrrole nitrogens is 1. The number of nitrogens with one attached hydrogen (secondary N) is 1. The first-order valence-electron chi connectivity index (χ1n) is 7.65. The largest absolute Gasteiger partial charge is 0.340 e. The second kappa shape index (κ2) is 7.00. The molecule has 8 heteroatoms. The molecule has 0 unspecified atom stereocenters. The number of aromatic nitrogens is 4. The van der Waals surface area contributed by atoms with Gasteiger partial charge in [0.2, 0.25) is 5.91 Å². The number of benzene rings is 1. The Morgan fingerprint density at radius 1 is 1.20 bits per heavy atom. The first kappa shape index (κ1) is 16.4. The third kappa shape index (κ3) is 3.92. The molecule has 0 fully saturated rings. The summed E-state index contributed by atoms with van der Waals surface area (Å²) in [5.74, 6) is -0.249. The number of likely N-dealkylation sites (N-methyl/N-ethyl adjacent to an activating group) is 1. The van der Waals surface area contributed by atoms with Gasteiger partial charge < -0.3 is 4.90 Å². The van der Waals surface area contributed by atoms with Gasteiger partial charge in [-0.15, -0.1) is 0 Å². The average molecular weight is 339 g/mol. The quantitative estimate of drug-likeness (QED) is 0.727. The van der Waals surface area contributed by atoms with Crippen LogP contribution in [0.25, 0.3) is 5.69 Å². The van der Waals surface area contributed by atoms with Gasteiger partial charge in [0.15, 0.2) is 0 Å². The lowest BCUT2D eigenvalue weighted by Gasteiger charge is -2.16. The summed E-state index contributed by atoms with van der Waals surface area (Å²) < 4.78 is 2.90. The number of hydrogen-bond acceptors (Lipinski definition) is 4. The molecule has 25 heavy (non-hydrogen) atoms. The Labute approximate surface area is 143 Å². The zero-order chi connectivity index (χ0) is 17.8. The highest BCUT2D eigenvalue weighted by Gasteiger charge is 2.12. The van der Waals surface area contributed by atoms with Crippen LogP contribution in [0.2, 0.25) is 0 Å². The minimum Gasteiger partial charge on any atom is -0.340 e. The van der Waals surface area contributed by atoms with E-state index in [9.17, 15) is 14.4 Å². The van der Waals surface area contributed by atoms with Crippen LogP contribution in [0.4, 0.5) is 0 Å². The number of amides is 1. The Hall–Kier alpha value is -3.42. The molecule has 0 atom stereocenters. The van der Waals surface area contributed by atoms with Gasteiger partial charge in [-0.3, -0.25) is 19.1 Å². The maximum absolute atomic E-state index is 12.3. The molecule has 3 aromatic rings. The predicted octanol–water partition coefficient (Wildman–Crippen LogP) is 0.381. The SMILES string of the molecule is CN(Cc1cnn(-c2ccccc2)c1)C(=O)Cn1ccc(=O)[nH]c1=O. The summed E-state index contributed by atoms with van der Waals surface area (Å²) in [6.07, 6.45) is 4.86. The van der Waals surface area contributed by atoms with Crippen LogP contribution in [-0.4, -0.2) is 37.2 Å².